The molecule has 29 heavy (non-hydrogen) atoms. The first-order valence-electron chi connectivity index (χ1n) is 8.84. The van der Waals surface area contributed by atoms with Crippen LogP contribution in [0.3, 0.4) is 0 Å². The van der Waals surface area contributed by atoms with Crippen molar-refractivity contribution in [3.63, 3.8) is 0 Å². The third-order valence-electron chi connectivity index (χ3n) is 4.68. The van der Waals surface area contributed by atoms with E-state index < -0.39 is 11.6 Å². The van der Waals surface area contributed by atoms with Gasteiger partial charge in [-0.25, -0.2) is 18.2 Å². The van der Waals surface area contributed by atoms with Gasteiger partial charge in [0, 0.05) is 11.5 Å². The summed E-state index contributed by atoms with van der Waals surface area (Å²) in [6.45, 7) is 0. The van der Waals surface area contributed by atoms with Crippen LogP contribution in [0, 0.1) is 17.5 Å². The molecule has 0 radical (unpaired) electrons. The van der Waals surface area contributed by atoms with E-state index in [4.69, 9.17) is 0 Å². The lowest BCUT2D eigenvalue weighted by atomic mass is 10.1. The van der Waals surface area contributed by atoms with Crippen LogP contribution in [0.15, 0.2) is 54.6 Å². The molecule has 0 amide bonds. The van der Waals surface area contributed by atoms with E-state index in [0.29, 0.717) is 33.5 Å². The zero-order valence-electron chi connectivity index (χ0n) is 14.9. The lowest BCUT2D eigenvalue weighted by Crippen LogP contribution is -1.87. The van der Waals surface area contributed by atoms with Crippen molar-refractivity contribution in [3.05, 3.63) is 83.3 Å². The van der Waals surface area contributed by atoms with Crippen LogP contribution >= 0.6 is 0 Å². The monoisotopic (exact) mass is 390 g/mol. The van der Waals surface area contributed by atoms with Crippen LogP contribution in [0.5, 0.6) is 0 Å². The van der Waals surface area contributed by atoms with Gasteiger partial charge in [-0.3, -0.25) is 5.10 Å². The third kappa shape index (κ3) is 3.16. The average Bonchev–Trinajstić information content (AvgIpc) is 3.30. The van der Waals surface area contributed by atoms with E-state index in [-0.39, 0.29) is 11.4 Å². The Balaban J connectivity index is 1.58. The molecule has 0 aliphatic carbocycles. The molecule has 0 aliphatic rings. The van der Waals surface area contributed by atoms with Crippen LogP contribution < -0.4 is 0 Å². The number of imidazole rings is 1. The summed E-state index contributed by atoms with van der Waals surface area (Å²) in [5.74, 6) is -0.876. The fourth-order valence-corrected chi connectivity index (χ4v) is 3.23. The quantitative estimate of drug-likeness (QED) is 0.416. The highest BCUT2D eigenvalue weighted by molar-refractivity contribution is 5.92. The molecule has 4 nitrogen and oxygen atoms in total. The molecule has 7 heteroatoms. The van der Waals surface area contributed by atoms with Crippen molar-refractivity contribution >= 4 is 34.1 Å². The molecule has 0 saturated heterocycles. The number of rotatable bonds is 3. The molecule has 142 valence electrons. The standard InChI is InChI=1S/C22H13F3N4/c23-13-4-1-12(2-5-13)3-7-18-16-10-15(17(25)11-20(16)29-28-18)22-26-19-8-6-14(24)9-21(19)27-22/h1-11H,(H,26,27)(H,28,29). The zero-order valence-corrected chi connectivity index (χ0v) is 14.9. The molecule has 0 saturated carbocycles. The molecule has 0 atom stereocenters. The van der Waals surface area contributed by atoms with Crippen molar-refractivity contribution in [2.24, 2.45) is 0 Å². The highest BCUT2D eigenvalue weighted by Gasteiger charge is 2.14. The maximum absolute atomic E-state index is 14.7. The van der Waals surface area contributed by atoms with Gasteiger partial charge in [-0.05, 0) is 48.0 Å². The Labute approximate surface area is 162 Å². The second-order valence-electron chi connectivity index (χ2n) is 6.62. The number of hydrogen-bond acceptors (Lipinski definition) is 2. The predicted molar refractivity (Wildman–Crippen MR) is 106 cm³/mol. The maximum Gasteiger partial charge on any atom is 0.141 e. The minimum atomic E-state index is -0.477. The Hall–Kier alpha value is -3.87. The molecule has 0 aliphatic heterocycles. The number of nitrogens with one attached hydrogen (secondary N) is 2. The van der Waals surface area contributed by atoms with E-state index in [1.165, 1.54) is 36.4 Å². The zero-order chi connectivity index (χ0) is 20.0. The minimum Gasteiger partial charge on any atom is -0.338 e. The number of aromatic amines is 2. The Kier molecular flexibility index (Phi) is 3.94. The summed E-state index contributed by atoms with van der Waals surface area (Å²) >= 11 is 0. The van der Waals surface area contributed by atoms with Crippen LogP contribution in [-0.2, 0) is 0 Å². The van der Waals surface area contributed by atoms with Crippen molar-refractivity contribution in [1.82, 2.24) is 20.2 Å². The summed E-state index contributed by atoms with van der Waals surface area (Å²) in [6, 6.07) is 13.2. The fourth-order valence-electron chi connectivity index (χ4n) is 3.23. The molecule has 0 fully saturated rings. The van der Waals surface area contributed by atoms with Gasteiger partial charge in [0.1, 0.15) is 23.3 Å². The molecule has 2 heterocycles. The summed E-state index contributed by atoms with van der Waals surface area (Å²) in [5.41, 5.74) is 3.24. The molecule has 2 aromatic heterocycles. The molecule has 5 aromatic rings. The van der Waals surface area contributed by atoms with E-state index in [1.54, 1.807) is 30.4 Å². The number of fused-ring (bicyclic) bond motifs is 2. The Morgan fingerprint density at radius 1 is 0.793 bits per heavy atom. The summed E-state index contributed by atoms with van der Waals surface area (Å²) in [5, 5.41) is 7.73. The van der Waals surface area contributed by atoms with E-state index >= 15 is 0 Å². The van der Waals surface area contributed by atoms with Crippen molar-refractivity contribution in [3.8, 4) is 11.4 Å². The van der Waals surface area contributed by atoms with Gasteiger partial charge in [0.15, 0.2) is 0 Å². The van der Waals surface area contributed by atoms with Gasteiger partial charge in [-0.1, -0.05) is 18.2 Å². The fraction of sp³-hybridized carbons (Fsp3) is 0. The highest BCUT2D eigenvalue weighted by Crippen LogP contribution is 2.29. The summed E-state index contributed by atoms with van der Waals surface area (Å²) in [6.07, 6.45) is 3.56. The Morgan fingerprint density at radius 3 is 2.41 bits per heavy atom. The Bertz CT molecular complexity index is 1380. The van der Waals surface area contributed by atoms with Crippen LogP contribution in [0.25, 0.3) is 45.5 Å². The van der Waals surface area contributed by atoms with Gasteiger partial charge in [0.2, 0.25) is 0 Å². The average molecular weight is 390 g/mol. The number of hydrogen-bond donors (Lipinski definition) is 2. The number of benzene rings is 3. The van der Waals surface area contributed by atoms with Gasteiger partial charge in [-0.2, -0.15) is 5.10 Å². The normalized spacial score (nSPS) is 11.8. The molecular weight excluding hydrogens is 377 g/mol. The largest absolute Gasteiger partial charge is 0.338 e. The first-order chi connectivity index (χ1) is 14.1. The minimum absolute atomic E-state index is 0.256. The summed E-state index contributed by atoms with van der Waals surface area (Å²) < 4.78 is 41.2. The molecule has 0 bridgehead atoms. The molecule has 2 N–H and O–H groups in total. The summed E-state index contributed by atoms with van der Waals surface area (Å²) in [4.78, 5) is 7.32. The third-order valence-corrected chi connectivity index (χ3v) is 4.68. The van der Waals surface area contributed by atoms with Gasteiger partial charge < -0.3 is 4.98 Å². The van der Waals surface area contributed by atoms with Crippen LogP contribution in [0.2, 0.25) is 0 Å². The van der Waals surface area contributed by atoms with Crippen molar-refractivity contribution < 1.29 is 13.2 Å². The van der Waals surface area contributed by atoms with Gasteiger partial charge in [0.05, 0.1) is 27.8 Å². The Morgan fingerprint density at radius 2 is 1.59 bits per heavy atom. The maximum atomic E-state index is 14.7. The molecular formula is C22H13F3N4. The van der Waals surface area contributed by atoms with Crippen LogP contribution in [0.4, 0.5) is 13.2 Å². The molecule has 5 rings (SSSR count). The second-order valence-corrected chi connectivity index (χ2v) is 6.62. The number of aromatic nitrogens is 4. The summed E-state index contributed by atoms with van der Waals surface area (Å²) in [7, 11) is 0. The van der Waals surface area contributed by atoms with Crippen LogP contribution in [0.1, 0.15) is 11.3 Å². The molecule has 3 aromatic carbocycles. The van der Waals surface area contributed by atoms with E-state index in [2.05, 4.69) is 20.2 Å². The topological polar surface area (TPSA) is 57.4 Å². The number of nitrogens with zero attached hydrogens (tertiary/aromatic N) is 2. The van der Waals surface area contributed by atoms with Crippen molar-refractivity contribution in [1.29, 1.82) is 0 Å². The highest BCUT2D eigenvalue weighted by atomic mass is 19.1. The van der Waals surface area contributed by atoms with Gasteiger partial charge in [0.25, 0.3) is 0 Å². The predicted octanol–water partition coefficient (Wildman–Crippen LogP) is 5.69. The smallest absolute Gasteiger partial charge is 0.141 e. The van der Waals surface area contributed by atoms with Gasteiger partial charge >= 0.3 is 0 Å². The lowest BCUT2D eigenvalue weighted by molar-refractivity contribution is 0.627. The van der Waals surface area contributed by atoms with Crippen molar-refractivity contribution in [2.75, 3.05) is 0 Å². The second kappa shape index (κ2) is 6.63. The molecule has 0 unspecified atom stereocenters. The lowest BCUT2D eigenvalue weighted by Gasteiger charge is -2.00. The first kappa shape index (κ1) is 17.2. The van der Waals surface area contributed by atoms with Crippen LogP contribution in [-0.4, -0.2) is 20.2 Å². The first-order valence-corrected chi connectivity index (χ1v) is 8.84. The van der Waals surface area contributed by atoms with E-state index in [0.717, 1.165) is 5.56 Å². The SMILES string of the molecule is Fc1ccc(C=Cc2n[nH]c3cc(F)c(-c4nc5ccc(F)cc5[nH]4)cc23)cc1. The van der Waals surface area contributed by atoms with E-state index in [1.807, 2.05) is 0 Å². The number of H-pyrrole nitrogens is 2. The van der Waals surface area contributed by atoms with E-state index in [9.17, 15) is 13.2 Å². The number of halogens is 3. The molecule has 0 spiro atoms. The van der Waals surface area contributed by atoms with Gasteiger partial charge in [-0.15, -0.1) is 0 Å². The van der Waals surface area contributed by atoms with Crippen molar-refractivity contribution in [2.45, 2.75) is 0 Å².